The van der Waals surface area contributed by atoms with E-state index in [1.165, 1.54) is 76.2 Å². The summed E-state index contributed by atoms with van der Waals surface area (Å²) in [7, 11) is 1.74. The molecule has 37 heavy (non-hydrogen) atoms. The third kappa shape index (κ3) is 12.3. The van der Waals surface area contributed by atoms with Crippen molar-refractivity contribution in [1.29, 1.82) is 0 Å². The maximum Gasteiger partial charge on any atom is 0.145 e. The minimum absolute atomic E-state index is 0.225. The fourth-order valence-corrected chi connectivity index (χ4v) is 5.97. The van der Waals surface area contributed by atoms with E-state index < -0.39 is 0 Å². The average molecular weight is 515 g/mol. The van der Waals surface area contributed by atoms with Crippen LogP contribution in [-0.4, -0.2) is 44.4 Å². The third-order valence-corrected chi connectivity index (χ3v) is 8.36. The molecule has 1 aliphatic carbocycles. The number of hydrogen-bond donors (Lipinski definition) is 1. The van der Waals surface area contributed by atoms with Gasteiger partial charge >= 0.3 is 0 Å². The Kier molecular flexibility index (Phi) is 16.0. The van der Waals surface area contributed by atoms with Gasteiger partial charge in [-0.05, 0) is 106 Å². The highest BCUT2D eigenvalue weighted by Crippen LogP contribution is 2.39. The van der Waals surface area contributed by atoms with E-state index in [9.17, 15) is 9.90 Å². The van der Waals surface area contributed by atoms with Crippen molar-refractivity contribution in [2.45, 2.75) is 109 Å². The smallest absolute Gasteiger partial charge is 0.145 e. The van der Waals surface area contributed by atoms with Crippen molar-refractivity contribution in [2.24, 2.45) is 17.8 Å². The topological polar surface area (TPSA) is 55.8 Å². The Balaban J connectivity index is 0.000000877. The van der Waals surface area contributed by atoms with Gasteiger partial charge in [0.25, 0.3) is 0 Å². The van der Waals surface area contributed by atoms with Crippen LogP contribution in [0.15, 0.2) is 36.4 Å². The van der Waals surface area contributed by atoms with E-state index >= 15 is 0 Å². The van der Waals surface area contributed by atoms with Gasteiger partial charge in [-0.15, -0.1) is 0 Å². The van der Waals surface area contributed by atoms with E-state index in [1.54, 1.807) is 19.6 Å². The van der Waals surface area contributed by atoms with Crippen LogP contribution in [0, 0.1) is 17.8 Å². The van der Waals surface area contributed by atoms with Crippen molar-refractivity contribution in [3.63, 3.8) is 0 Å². The maximum atomic E-state index is 9.41. The van der Waals surface area contributed by atoms with Crippen molar-refractivity contribution in [2.75, 3.05) is 26.9 Å². The Hall–Kier alpha value is -1.49. The summed E-state index contributed by atoms with van der Waals surface area (Å²) in [6.45, 7) is 9.06. The normalized spacial score (nSPS) is 24.5. The number of ether oxygens (including phenoxy) is 2. The Morgan fingerprint density at radius 3 is 2.27 bits per heavy atom. The van der Waals surface area contributed by atoms with Gasteiger partial charge in [-0.3, -0.25) is 4.79 Å². The monoisotopic (exact) mass is 514 g/mol. The van der Waals surface area contributed by atoms with E-state index in [2.05, 4.69) is 37.8 Å². The quantitative estimate of drug-likeness (QED) is 0.157. The molecule has 2 aliphatic rings. The summed E-state index contributed by atoms with van der Waals surface area (Å²) in [5, 5.41) is 9.31. The lowest BCUT2D eigenvalue weighted by Crippen LogP contribution is -2.35. The Morgan fingerprint density at radius 2 is 1.73 bits per heavy atom. The van der Waals surface area contributed by atoms with Crippen LogP contribution in [0.2, 0.25) is 0 Å². The van der Waals surface area contributed by atoms with Crippen LogP contribution in [-0.2, 0) is 20.7 Å². The van der Waals surface area contributed by atoms with Gasteiger partial charge in [-0.2, -0.15) is 0 Å². The van der Waals surface area contributed by atoms with Crippen molar-refractivity contribution in [3.8, 4) is 0 Å². The number of unbranched alkanes of at least 4 members (excludes halogenated alkanes) is 2. The summed E-state index contributed by atoms with van der Waals surface area (Å²) in [5.41, 5.74) is 3.66. The van der Waals surface area contributed by atoms with Gasteiger partial charge in [0, 0.05) is 26.2 Å². The first-order valence-electron chi connectivity index (χ1n) is 14.9. The second kappa shape index (κ2) is 18.7. The maximum absolute atomic E-state index is 9.41. The largest absolute Gasteiger partial charge is 0.396 e. The zero-order chi connectivity index (χ0) is 26.9. The summed E-state index contributed by atoms with van der Waals surface area (Å²) in [6, 6.07) is 9.59. The molecule has 1 aliphatic heterocycles. The van der Waals surface area contributed by atoms with Gasteiger partial charge in [0.05, 0.1) is 12.7 Å². The zero-order valence-corrected chi connectivity index (χ0v) is 24.0. The van der Waals surface area contributed by atoms with Crippen molar-refractivity contribution in [3.05, 3.63) is 47.5 Å². The molecule has 1 N–H and O–H groups in total. The fraction of sp³-hybridized carbons (Fsp3) is 0.727. The zero-order valence-electron chi connectivity index (χ0n) is 24.0. The van der Waals surface area contributed by atoms with E-state index in [1.807, 2.05) is 0 Å². The number of rotatable bonds is 14. The van der Waals surface area contributed by atoms with Crippen LogP contribution in [0.4, 0.5) is 0 Å². The van der Waals surface area contributed by atoms with Gasteiger partial charge in [0.15, 0.2) is 0 Å². The lowest BCUT2D eigenvalue weighted by Gasteiger charge is -2.35. The summed E-state index contributed by atoms with van der Waals surface area (Å²) >= 11 is 0. The van der Waals surface area contributed by atoms with Crippen LogP contribution < -0.4 is 0 Å². The van der Waals surface area contributed by atoms with Crippen LogP contribution in [0.5, 0.6) is 0 Å². The van der Waals surface area contributed by atoms with E-state index in [-0.39, 0.29) is 12.7 Å². The van der Waals surface area contributed by atoms with Gasteiger partial charge < -0.3 is 14.6 Å². The third-order valence-electron chi connectivity index (χ3n) is 8.36. The molecule has 4 nitrogen and oxygen atoms in total. The van der Waals surface area contributed by atoms with Crippen molar-refractivity contribution in [1.82, 2.24) is 0 Å². The number of aliphatic hydroxyl groups is 1. The summed E-state index contributed by atoms with van der Waals surface area (Å²) in [5.74, 6) is 2.75. The number of allylic oxidation sites excluding steroid dienone is 1. The van der Waals surface area contributed by atoms with E-state index in [0.29, 0.717) is 18.1 Å². The number of aryl methyl sites for hydroxylation is 1. The predicted octanol–water partition coefficient (Wildman–Crippen LogP) is 7.67. The number of aliphatic hydroxyl groups excluding tert-OH is 1. The molecule has 3 atom stereocenters. The molecule has 1 saturated carbocycles. The Bertz CT molecular complexity index is 721. The average Bonchev–Trinajstić information content (AvgIpc) is 2.93. The molecule has 0 spiro atoms. The molecule has 3 unspecified atom stereocenters. The Labute approximate surface area is 227 Å². The summed E-state index contributed by atoms with van der Waals surface area (Å²) < 4.78 is 11.6. The predicted molar refractivity (Wildman–Crippen MR) is 154 cm³/mol. The number of carbonyl (C=O) groups excluding carboxylic acids is 1. The van der Waals surface area contributed by atoms with Crippen LogP contribution >= 0.6 is 0 Å². The summed E-state index contributed by atoms with van der Waals surface area (Å²) in [6.07, 6.45) is 17.6. The fourth-order valence-electron chi connectivity index (χ4n) is 5.97. The molecule has 0 bridgehead atoms. The highest BCUT2D eigenvalue weighted by atomic mass is 16.5. The molecule has 0 aromatic heterocycles. The Morgan fingerprint density at radius 1 is 1.08 bits per heavy atom. The molecule has 1 heterocycles. The summed E-state index contributed by atoms with van der Waals surface area (Å²) in [4.78, 5) is 9.41. The minimum atomic E-state index is 0.225. The second-order valence-corrected chi connectivity index (χ2v) is 11.5. The molecule has 1 saturated heterocycles. The SMILES string of the molecule is C=C(C)C=O.CCCCCc1ccc(C2CCC(CCC3CCC(C(CCO)COC)OC3)CC2)cc1. The molecule has 1 aromatic rings. The van der Waals surface area contributed by atoms with Crippen LogP contribution in [0.1, 0.15) is 108 Å². The van der Waals surface area contributed by atoms with Crippen LogP contribution in [0.3, 0.4) is 0 Å². The molecule has 0 amide bonds. The first-order chi connectivity index (χ1) is 18.0. The second-order valence-electron chi connectivity index (χ2n) is 11.5. The van der Waals surface area contributed by atoms with Crippen molar-refractivity contribution >= 4 is 6.29 Å². The number of carbonyl (C=O) groups is 1. The van der Waals surface area contributed by atoms with E-state index in [0.717, 1.165) is 43.5 Å². The van der Waals surface area contributed by atoms with Crippen molar-refractivity contribution < 1.29 is 19.4 Å². The molecule has 0 radical (unpaired) electrons. The molecule has 2 fully saturated rings. The molecule has 3 rings (SSSR count). The lowest BCUT2D eigenvalue weighted by molar-refractivity contribution is -0.104. The molecule has 210 valence electrons. The van der Waals surface area contributed by atoms with Gasteiger partial charge in [0.1, 0.15) is 6.29 Å². The highest BCUT2D eigenvalue weighted by molar-refractivity contribution is 5.70. The van der Waals surface area contributed by atoms with E-state index in [4.69, 9.17) is 9.47 Å². The lowest BCUT2D eigenvalue weighted by atomic mass is 9.76. The van der Waals surface area contributed by atoms with Crippen LogP contribution in [0.25, 0.3) is 0 Å². The molecule has 4 heteroatoms. The van der Waals surface area contributed by atoms with Gasteiger partial charge in [-0.1, -0.05) is 57.0 Å². The number of aldehydes is 1. The number of methoxy groups -OCH3 is 1. The minimum Gasteiger partial charge on any atom is -0.396 e. The number of hydrogen-bond acceptors (Lipinski definition) is 4. The first-order valence-corrected chi connectivity index (χ1v) is 14.9. The molecular weight excluding hydrogens is 460 g/mol. The van der Waals surface area contributed by atoms with Gasteiger partial charge in [-0.25, -0.2) is 0 Å². The molecular formula is C33H54O4. The molecule has 1 aromatic carbocycles. The number of benzene rings is 1. The highest BCUT2D eigenvalue weighted by Gasteiger charge is 2.29. The van der Waals surface area contributed by atoms with Gasteiger partial charge in [0.2, 0.25) is 0 Å². The first kappa shape index (κ1) is 31.7. The standard InChI is InChI=1S/C29H48O3.C4H6O/c1-3-4-5-6-23-9-14-26(15-10-23)27-16-11-24(12-17-27)7-8-25-13-18-29(32-21-25)28(19-20-30)22-31-2;1-4(2)3-5/h9-10,14-15,24-25,27-30H,3-8,11-13,16-22H2,1-2H3;3H,1H2,2H3.